The van der Waals surface area contributed by atoms with Gasteiger partial charge in [0, 0.05) is 30.4 Å². The number of ether oxygens (including phenoxy) is 2. The highest BCUT2D eigenvalue weighted by atomic mass is 16.6. The van der Waals surface area contributed by atoms with Gasteiger partial charge in [0.15, 0.2) is 0 Å². The Labute approximate surface area is 150 Å². The van der Waals surface area contributed by atoms with Gasteiger partial charge in [-0.05, 0) is 44.5 Å². The number of alkyl carbamates (subject to hydrolysis) is 1. The predicted octanol–water partition coefficient (Wildman–Crippen LogP) is 2.61. The average molecular weight is 362 g/mol. The van der Waals surface area contributed by atoms with E-state index in [0.717, 1.165) is 5.52 Å². The van der Waals surface area contributed by atoms with E-state index in [0.29, 0.717) is 16.7 Å². The van der Waals surface area contributed by atoms with Crippen molar-refractivity contribution in [3.8, 4) is 5.75 Å². The van der Waals surface area contributed by atoms with Crippen LogP contribution in [0.2, 0.25) is 0 Å². The smallest absolute Gasteiger partial charge is 0.408 e. The Kier molecular flexibility index (Phi) is 5.54. The number of rotatable bonds is 5. The van der Waals surface area contributed by atoms with Crippen molar-refractivity contribution < 1.29 is 29.0 Å². The van der Waals surface area contributed by atoms with E-state index in [-0.39, 0.29) is 6.42 Å². The summed E-state index contributed by atoms with van der Waals surface area (Å²) < 4.78 is 10.2. The van der Waals surface area contributed by atoms with Crippen molar-refractivity contribution in [1.82, 2.24) is 10.3 Å². The van der Waals surface area contributed by atoms with Crippen LogP contribution in [0.3, 0.4) is 0 Å². The van der Waals surface area contributed by atoms with Gasteiger partial charge in [-0.1, -0.05) is 0 Å². The topological polar surface area (TPSA) is 118 Å². The molecule has 1 heterocycles. The largest absolute Gasteiger partial charge is 0.480 e. The van der Waals surface area contributed by atoms with Crippen LogP contribution >= 0.6 is 0 Å². The van der Waals surface area contributed by atoms with Crippen molar-refractivity contribution in [2.75, 3.05) is 0 Å². The molecule has 0 aliphatic heterocycles. The number of aliphatic carboxylic acids is 1. The summed E-state index contributed by atoms with van der Waals surface area (Å²) >= 11 is 0. The first kappa shape index (κ1) is 19.3. The van der Waals surface area contributed by atoms with Gasteiger partial charge in [0.25, 0.3) is 0 Å². The van der Waals surface area contributed by atoms with Crippen molar-refractivity contribution in [3.05, 3.63) is 30.0 Å². The number of hydrogen-bond donors (Lipinski definition) is 3. The monoisotopic (exact) mass is 362 g/mol. The maximum Gasteiger partial charge on any atom is 0.408 e. The van der Waals surface area contributed by atoms with Gasteiger partial charge in [0.1, 0.15) is 17.4 Å². The van der Waals surface area contributed by atoms with E-state index < -0.39 is 29.7 Å². The number of amides is 1. The molecule has 0 aliphatic carbocycles. The van der Waals surface area contributed by atoms with E-state index in [1.807, 2.05) is 0 Å². The van der Waals surface area contributed by atoms with Crippen LogP contribution in [0.25, 0.3) is 10.9 Å². The minimum Gasteiger partial charge on any atom is -0.480 e. The van der Waals surface area contributed by atoms with E-state index >= 15 is 0 Å². The molecule has 0 saturated heterocycles. The minimum absolute atomic E-state index is 0.0398. The average Bonchev–Trinajstić information content (AvgIpc) is 2.86. The fourth-order valence-electron chi connectivity index (χ4n) is 2.43. The Morgan fingerprint density at radius 3 is 2.54 bits per heavy atom. The molecule has 0 spiro atoms. The van der Waals surface area contributed by atoms with E-state index in [2.05, 4.69) is 10.3 Å². The minimum atomic E-state index is -1.18. The SMILES string of the molecule is CC(=O)Oc1ccc2[nH]cc(C[C@H](NC(=O)OC(C)(C)C)C(=O)O)c2c1. The summed E-state index contributed by atoms with van der Waals surface area (Å²) in [5.41, 5.74) is 0.696. The van der Waals surface area contributed by atoms with Gasteiger partial charge in [-0.3, -0.25) is 4.79 Å². The van der Waals surface area contributed by atoms with Crippen molar-refractivity contribution in [3.63, 3.8) is 0 Å². The van der Waals surface area contributed by atoms with E-state index in [4.69, 9.17) is 9.47 Å². The Hall–Kier alpha value is -3.03. The zero-order valence-electron chi connectivity index (χ0n) is 15.1. The molecule has 0 fully saturated rings. The lowest BCUT2D eigenvalue weighted by atomic mass is 10.0. The number of hydrogen-bond acceptors (Lipinski definition) is 5. The molecule has 1 aromatic heterocycles. The normalized spacial score (nSPS) is 12.5. The quantitative estimate of drug-likeness (QED) is 0.556. The number of fused-ring (bicyclic) bond motifs is 1. The van der Waals surface area contributed by atoms with Crippen LogP contribution in [0, 0.1) is 0 Å². The third kappa shape index (κ3) is 5.23. The number of carboxylic acid groups (broad SMARTS) is 1. The summed E-state index contributed by atoms with van der Waals surface area (Å²) in [6.07, 6.45) is 0.901. The van der Waals surface area contributed by atoms with Crippen LogP contribution in [0.5, 0.6) is 5.75 Å². The number of aromatic nitrogens is 1. The molecule has 1 atom stereocenters. The number of H-pyrrole nitrogens is 1. The van der Waals surface area contributed by atoms with Crippen molar-refractivity contribution in [1.29, 1.82) is 0 Å². The van der Waals surface area contributed by atoms with Gasteiger partial charge in [-0.2, -0.15) is 0 Å². The third-order valence-electron chi connectivity index (χ3n) is 3.41. The van der Waals surface area contributed by atoms with Crippen LogP contribution in [-0.4, -0.2) is 39.8 Å². The third-order valence-corrected chi connectivity index (χ3v) is 3.41. The number of nitrogens with one attached hydrogen (secondary N) is 2. The molecule has 8 heteroatoms. The highest BCUT2D eigenvalue weighted by molar-refractivity contribution is 5.87. The van der Waals surface area contributed by atoms with Crippen molar-refractivity contribution in [2.24, 2.45) is 0 Å². The molecule has 0 unspecified atom stereocenters. The van der Waals surface area contributed by atoms with Crippen LogP contribution < -0.4 is 10.1 Å². The molecular formula is C18H22N2O6. The Balaban J connectivity index is 2.21. The highest BCUT2D eigenvalue weighted by Gasteiger charge is 2.25. The summed E-state index contributed by atoms with van der Waals surface area (Å²) in [6.45, 7) is 6.38. The van der Waals surface area contributed by atoms with Crippen LogP contribution in [-0.2, 0) is 20.7 Å². The summed E-state index contributed by atoms with van der Waals surface area (Å²) in [5.74, 6) is -1.27. The highest BCUT2D eigenvalue weighted by Crippen LogP contribution is 2.25. The molecule has 0 bridgehead atoms. The zero-order chi connectivity index (χ0) is 19.5. The summed E-state index contributed by atoms with van der Waals surface area (Å²) in [7, 11) is 0. The molecule has 26 heavy (non-hydrogen) atoms. The summed E-state index contributed by atoms with van der Waals surface area (Å²) in [5, 5.41) is 12.5. The number of carbonyl (C=O) groups excluding carboxylic acids is 2. The Bertz CT molecular complexity index is 834. The van der Waals surface area contributed by atoms with Crippen molar-refractivity contribution >= 4 is 28.9 Å². The van der Waals surface area contributed by atoms with Gasteiger partial charge in [0.2, 0.25) is 0 Å². The van der Waals surface area contributed by atoms with E-state index in [1.165, 1.54) is 6.92 Å². The molecule has 2 rings (SSSR count). The van der Waals surface area contributed by atoms with Crippen LogP contribution in [0.4, 0.5) is 4.79 Å². The lowest BCUT2D eigenvalue weighted by Gasteiger charge is -2.22. The van der Waals surface area contributed by atoms with Gasteiger partial charge in [0.05, 0.1) is 0 Å². The van der Waals surface area contributed by atoms with E-state index in [1.54, 1.807) is 45.2 Å². The molecular weight excluding hydrogens is 340 g/mol. The fraction of sp³-hybridized carbons (Fsp3) is 0.389. The second-order valence-corrected chi connectivity index (χ2v) is 6.86. The molecule has 140 valence electrons. The molecule has 0 aliphatic rings. The second kappa shape index (κ2) is 7.47. The number of carboxylic acids is 1. The standard InChI is InChI=1S/C18H22N2O6/c1-10(21)25-12-5-6-14-13(8-12)11(9-19-14)7-15(16(22)23)20-17(24)26-18(2,3)4/h5-6,8-9,15,19H,7H2,1-4H3,(H,20,24)(H,22,23)/t15-/m0/s1. The number of aromatic amines is 1. The van der Waals surface area contributed by atoms with Gasteiger partial charge >= 0.3 is 18.0 Å². The van der Waals surface area contributed by atoms with Crippen LogP contribution in [0.1, 0.15) is 33.3 Å². The number of carbonyl (C=O) groups is 3. The molecule has 3 N–H and O–H groups in total. The first-order valence-corrected chi connectivity index (χ1v) is 8.06. The van der Waals surface area contributed by atoms with Gasteiger partial charge in [-0.25, -0.2) is 9.59 Å². The fourth-order valence-corrected chi connectivity index (χ4v) is 2.43. The van der Waals surface area contributed by atoms with E-state index in [9.17, 15) is 19.5 Å². The van der Waals surface area contributed by atoms with Gasteiger partial charge < -0.3 is 24.9 Å². The molecule has 8 nitrogen and oxygen atoms in total. The van der Waals surface area contributed by atoms with Crippen LogP contribution in [0.15, 0.2) is 24.4 Å². The Morgan fingerprint density at radius 1 is 1.27 bits per heavy atom. The molecule has 2 aromatic rings. The summed E-state index contributed by atoms with van der Waals surface area (Å²) in [6, 6.07) is 3.85. The molecule has 0 radical (unpaired) electrons. The van der Waals surface area contributed by atoms with Gasteiger partial charge in [-0.15, -0.1) is 0 Å². The zero-order valence-corrected chi connectivity index (χ0v) is 15.1. The lowest BCUT2D eigenvalue weighted by Crippen LogP contribution is -2.44. The van der Waals surface area contributed by atoms with Crippen molar-refractivity contribution in [2.45, 2.75) is 45.8 Å². The first-order valence-electron chi connectivity index (χ1n) is 8.06. The first-order chi connectivity index (χ1) is 12.0. The number of benzene rings is 1. The summed E-state index contributed by atoms with van der Waals surface area (Å²) in [4.78, 5) is 37.5. The lowest BCUT2D eigenvalue weighted by molar-refractivity contribution is -0.139. The molecule has 1 amide bonds. The maximum absolute atomic E-state index is 11.9. The predicted molar refractivity (Wildman–Crippen MR) is 94.1 cm³/mol. The molecule has 0 saturated carbocycles. The Morgan fingerprint density at radius 2 is 1.96 bits per heavy atom. The molecule has 1 aromatic carbocycles. The maximum atomic E-state index is 11.9. The second-order valence-electron chi connectivity index (χ2n) is 6.86. The number of esters is 1.